The van der Waals surface area contributed by atoms with Gasteiger partial charge in [-0.2, -0.15) is 4.31 Å². The number of aromatic nitrogens is 2. The van der Waals surface area contributed by atoms with Crippen LogP contribution in [0.5, 0.6) is 5.75 Å². The SMILES string of the molecule is CCN(CC)S(=O)(=O)c1ccc2c(c1)nc(CCC(=O)OCCOc1cccc(Cl)c1)n2C. The Hall–Kier alpha value is -2.62. The van der Waals surface area contributed by atoms with E-state index in [0.717, 1.165) is 5.52 Å². The first-order valence-electron chi connectivity index (χ1n) is 10.8. The normalized spacial score (nSPS) is 11.8. The molecule has 8 nitrogen and oxygen atoms in total. The lowest BCUT2D eigenvalue weighted by Crippen LogP contribution is -2.30. The van der Waals surface area contributed by atoms with E-state index >= 15 is 0 Å². The molecule has 3 aromatic rings. The molecule has 1 aromatic heterocycles. The highest BCUT2D eigenvalue weighted by molar-refractivity contribution is 7.89. The Balaban J connectivity index is 1.57. The van der Waals surface area contributed by atoms with Crippen LogP contribution >= 0.6 is 11.6 Å². The topological polar surface area (TPSA) is 90.7 Å². The predicted molar refractivity (Wildman–Crippen MR) is 127 cm³/mol. The van der Waals surface area contributed by atoms with E-state index in [1.165, 1.54) is 4.31 Å². The quantitative estimate of drug-likeness (QED) is 0.298. The molecule has 0 amide bonds. The lowest BCUT2D eigenvalue weighted by atomic mass is 10.3. The van der Waals surface area contributed by atoms with Crippen molar-refractivity contribution in [2.24, 2.45) is 7.05 Å². The summed E-state index contributed by atoms with van der Waals surface area (Å²) in [4.78, 5) is 16.9. The zero-order valence-corrected chi connectivity index (χ0v) is 20.5. The van der Waals surface area contributed by atoms with Crippen molar-refractivity contribution in [2.75, 3.05) is 26.3 Å². The first kappa shape index (κ1) is 25.0. The second-order valence-corrected chi connectivity index (χ2v) is 9.73. The largest absolute Gasteiger partial charge is 0.490 e. The van der Waals surface area contributed by atoms with Gasteiger partial charge < -0.3 is 14.0 Å². The van der Waals surface area contributed by atoms with Crippen LogP contribution in [0.2, 0.25) is 5.02 Å². The van der Waals surface area contributed by atoms with Gasteiger partial charge in [0, 0.05) is 31.6 Å². The van der Waals surface area contributed by atoms with Crippen LogP contribution < -0.4 is 4.74 Å². The van der Waals surface area contributed by atoms with Gasteiger partial charge in [0.2, 0.25) is 10.0 Å². The van der Waals surface area contributed by atoms with Gasteiger partial charge in [0.05, 0.1) is 22.3 Å². The zero-order valence-electron chi connectivity index (χ0n) is 19.0. The average molecular weight is 494 g/mol. The van der Waals surface area contributed by atoms with E-state index in [4.69, 9.17) is 21.1 Å². The number of hydrogen-bond donors (Lipinski definition) is 0. The number of hydrogen-bond acceptors (Lipinski definition) is 6. The number of carbonyl (C=O) groups excluding carboxylic acids is 1. The molecule has 0 aliphatic carbocycles. The first-order valence-corrected chi connectivity index (χ1v) is 12.6. The van der Waals surface area contributed by atoms with Crippen LogP contribution in [-0.2, 0) is 33.0 Å². The molecule has 0 saturated heterocycles. The molecule has 33 heavy (non-hydrogen) atoms. The molecule has 3 rings (SSSR count). The number of carbonyl (C=O) groups is 1. The van der Waals surface area contributed by atoms with E-state index in [9.17, 15) is 13.2 Å². The highest BCUT2D eigenvalue weighted by Crippen LogP contribution is 2.23. The molecule has 10 heteroatoms. The number of benzene rings is 2. The van der Waals surface area contributed by atoms with Crippen molar-refractivity contribution in [2.45, 2.75) is 31.6 Å². The van der Waals surface area contributed by atoms with Gasteiger partial charge in [-0.05, 0) is 36.4 Å². The lowest BCUT2D eigenvalue weighted by Gasteiger charge is -2.18. The Morgan fingerprint density at radius 2 is 1.88 bits per heavy atom. The van der Waals surface area contributed by atoms with Gasteiger partial charge in [0.1, 0.15) is 24.8 Å². The van der Waals surface area contributed by atoms with Gasteiger partial charge >= 0.3 is 5.97 Å². The fourth-order valence-electron chi connectivity index (χ4n) is 3.48. The highest BCUT2D eigenvalue weighted by atomic mass is 35.5. The second-order valence-electron chi connectivity index (χ2n) is 7.35. The molecule has 0 atom stereocenters. The monoisotopic (exact) mass is 493 g/mol. The predicted octanol–water partition coefficient (Wildman–Crippen LogP) is 3.81. The summed E-state index contributed by atoms with van der Waals surface area (Å²) in [5.41, 5.74) is 1.37. The van der Waals surface area contributed by atoms with E-state index in [0.29, 0.717) is 41.6 Å². The number of fused-ring (bicyclic) bond motifs is 1. The first-order chi connectivity index (χ1) is 15.8. The van der Waals surface area contributed by atoms with Crippen LogP contribution in [0.15, 0.2) is 47.4 Å². The minimum absolute atomic E-state index is 0.125. The van der Waals surface area contributed by atoms with Crippen LogP contribution in [0.3, 0.4) is 0 Å². The second kappa shape index (κ2) is 11.0. The van der Waals surface area contributed by atoms with Crippen molar-refractivity contribution in [3.63, 3.8) is 0 Å². The Kier molecular flexibility index (Phi) is 8.34. The van der Waals surface area contributed by atoms with Crippen molar-refractivity contribution in [3.8, 4) is 5.75 Å². The van der Waals surface area contributed by atoms with Crippen LogP contribution in [0.25, 0.3) is 11.0 Å². The number of halogens is 1. The molecule has 0 aliphatic rings. The van der Waals surface area contributed by atoms with Gasteiger partial charge in [-0.1, -0.05) is 31.5 Å². The minimum atomic E-state index is -3.57. The summed E-state index contributed by atoms with van der Waals surface area (Å²) in [5.74, 6) is 0.927. The molecular weight excluding hydrogens is 466 g/mol. The van der Waals surface area contributed by atoms with Crippen LogP contribution in [0.4, 0.5) is 0 Å². The molecule has 178 valence electrons. The Labute approximate surface area is 199 Å². The molecular formula is C23H28ClN3O5S. The summed E-state index contributed by atoms with van der Waals surface area (Å²) < 4.78 is 39.6. The van der Waals surface area contributed by atoms with Crippen LogP contribution in [-0.4, -0.2) is 54.5 Å². The number of nitrogens with zero attached hydrogens (tertiary/aromatic N) is 3. The van der Waals surface area contributed by atoms with E-state index in [1.54, 1.807) is 56.3 Å². The Morgan fingerprint density at radius 1 is 1.12 bits per heavy atom. The molecule has 0 radical (unpaired) electrons. The van der Waals surface area contributed by atoms with Crippen molar-refractivity contribution in [1.82, 2.24) is 13.9 Å². The van der Waals surface area contributed by atoms with Gasteiger partial charge in [-0.15, -0.1) is 0 Å². The fourth-order valence-corrected chi connectivity index (χ4v) is 5.14. The maximum Gasteiger partial charge on any atom is 0.306 e. The van der Waals surface area contributed by atoms with Crippen molar-refractivity contribution in [1.29, 1.82) is 0 Å². The average Bonchev–Trinajstić information content (AvgIpc) is 3.11. The van der Waals surface area contributed by atoms with Gasteiger partial charge in [0.15, 0.2) is 0 Å². The molecule has 0 spiro atoms. The molecule has 0 bridgehead atoms. The molecule has 0 fully saturated rings. The van der Waals surface area contributed by atoms with Crippen molar-refractivity contribution in [3.05, 3.63) is 53.3 Å². The number of aryl methyl sites for hydroxylation is 2. The molecule has 0 aliphatic heterocycles. The number of imidazole rings is 1. The number of sulfonamides is 1. The number of ether oxygens (including phenoxy) is 2. The van der Waals surface area contributed by atoms with E-state index in [1.807, 2.05) is 11.6 Å². The van der Waals surface area contributed by atoms with E-state index in [-0.39, 0.29) is 30.5 Å². The molecule has 0 N–H and O–H groups in total. The summed E-state index contributed by atoms with van der Waals surface area (Å²) in [6, 6.07) is 11.9. The summed E-state index contributed by atoms with van der Waals surface area (Å²) in [5, 5.41) is 0.574. The third-order valence-electron chi connectivity index (χ3n) is 5.25. The smallest absolute Gasteiger partial charge is 0.306 e. The molecule has 1 heterocycles. The Bertz CT molecular complexity index is 1220. The van der Waals surface area contributed by atoms with Crippen molar-refractivity contribution < 1.29 is 22.7 Å². The summed E-state index contributed by atoms with van der Waals surface area (Å²) in [6.07, 6.45) is 0.524. The number of rotatable bonds is 11. The molecule has 2 aromatic carbocycles. The lowest BCUT2D eigenvalue weighted by molar-refractivity contribution is -0.144. The zero-order chi connectivity index (χ0) is 24.0. The van der Waals surface area contributed by atoms with Crippen molar-refractivity contribution >= 4 is 38.6 Å². The van der Waals surface area contributed by atoms with Gasteiger partial charge in [-0.3, -0.25) is 4.79 Å². The third kappa shape index (κ3) is 6.04. The van der Waals surface area contributed by atoms with Gasteiger partial charge in [-0.25, -0.2) is 13.4 Å². The highest BCUT2D eigenvalue weighted by Gasteiger charge is 2.22. The fraction of sp³-hybridized carbons (Fsp3) is 0.391. The molecule has 0 saturated carbocycles. The summed E-state index contributed by atoms with van der Waals surface area (Å²) in [6.45, 7) is 4.76. The maximum atomic E-state index is 12.8. The maximum absolute atomic E-state index is 12.8. The van der Waals surface area contributed by atoms with E-state index < -0.39 is 10.0 Å². The summed E-state index contributed by atoms with van der Waals surface area (Å²) >= 11 is 5.90. The number of esters is 1. The third-order valence-corrected chi connectivity index (χ3v) is 7.53. The molecule has 0 unspecified atom stereocenters. The Morgan fingerprint density at radius 3 is 2.58 bits per heavy atom. The van der Waals surface area contributed by atoms with E-state index in [2.05, 4.69) is 4.98 Å². The van der Waals surface area contributed by atoms with Gasteiger partial charge in [0.25, 0.3) is 0 Å². The minimum Gasteiger partial charge on any atom is -0.490 e. The standard InChI is InChI=1S/C23H28ClN3O5S/c1-4-27(5-2)33(29,30)19-9-10-21-20(16-19)25-22(26(21)3)11-12-23(28)32-14-13-31-18-8-6-7-17(24)15-18/h6-10,15-16H,4-5,11-14H2,1-3H3. The summed E-state index contributed by atoms with van der Waals surface area (Å²) in [7, 11) is -1.73. The van der Waals surface area contributed by atoms with Crippen LogP contribution in [0, 0.1) is 0 Å². The van der Waals surface area contributed by atoms with Crippen LogP contribution in [0.1, 0.15) is 26.1 Å².